The van der Waals surface area contributed by atoms with E-state index < -0.39 is 0 Å². The Morgan fingerprint density at radius 2 is 0.894 bits per heavy atom. The van der Waals surface area contributed by atoms with Crippen LogP contribution in [0.3, 0.4) is 0 Å². The second-order valence-corrected chi connectivity index (χ2v) is 15.6. The average molecular weight is 614 g/mol. The van der Waals surface area contributed by atoms with Crippen LogP contribution in [-0.4, -0.2) is 13.4 Å². The van der Waals surface area contributed by atoms with E-state index in [0.717, 1.165) is 12.8 Å². The number of rotatable bonds is 4. The van der Waals surface area contributed by atoms with Gasteiger partial charge in [-0.1, -0.05) is 140 Å². The molecule has 2 aliphatic heterocycles. The number of anilines is 3. The quantitative estimate of drug-likeness (QED) is 0.192. The Morgan fingerprint density at radius 1 is 0.511 bits per heavy atom. The average Bonchev–Trinajstić information content (AvgIpc) is 3.00. The Labute approximate surface area is 284 Å². The van der Waals surface area contributed by atoms with Crippen LogP contribution in [0.15, 0.2) is 72.8 Å². The van der Waals surface area contributed by atoms with Crippen molar-refractivity contribution in [3.63, 3.8) is 0 Å². The first-order valence-corrected chi connectivity index (χ1v) is 17.7. The zero-order valence-corrected chi connectivity index (χ0v) is 30.4. The minimum Gasteiger partial charge on any atom is -0.313 e. The number of nitrogens with zero attached hydrogens (tertiary/aromatic N) is 1. The van der Waals surface area contributed by atoms with E-state index in [2.05, 4.69) is 154 Å². The predicted octanol–water partition coefficient (Wildman–Crippen LogP) is 7.09. The van der Waals surface area contributed by atoms with Gasteiger partial charge in [-0.2, -0.15) is 0 Å². The van der Waals surface area contributed by atoms with E-state index in [1.165, 1.54) is 99.9 Å². The Morgan fingerprint density at radius 3 is 1.23 bits per heavy atom. The maximum atomic E-state index is 2.64. The van der Waals surface area contributed by atoms with E-state index >= 15 is 0 Å². The predicted molar refractivity (Wildman–Crippen MR) is 209 cm³/mol. The van der Waals surface area contributed by atoms with E-state index in [1.54, 1.807) is 0 Å². The SMILES string of the molecule is CCc1ccc2c(c1)B(c1c(C)cc(C)cc1C)c1cc(C(C)(C)C)cc3c1N2c1ccc(CC)cc1B3c1c(C)cc(C)cc1C. The van der Waals surface area contributed by atoms with Crippen molar-refractivity contribution in [3.8, 4) is 0 Å². The summed E-state index contributed by atoms with van der Waals surface area (Å²) in [5, 5.41) is 0. The van der Waals surface area contributed by atoms with Crippen LogP contribution in [-0.2, 0) is 18.3 Å². The molecule has 0 fully saturated rings. The van der Waals surface area contributed by atoms with E-state index in [0.29, 0.717) is 0 Å². The molecule has 0 saturated carbocycles. The second-order valence-electron chi connectivity index (χ2n) is 15.6. The van der Waals surface area contributed by atoms with Crippen molar-refractivity contribution in [1.82, 2.24) is 0 Å². The lowest BCUT2D eigenvalue weighted by Crippen LogP contribution is -2.66. The molecule has 0 radical (unpaired) electrons. The standard InChI is InChI=1S/C44H49B2N/c1-12-32-14-16-39-35(22-32)45(41-28(5)18-26(3)19-29(41)6)37-24-34(44(9,10)11)25-38-43(37)47(39)40-17-15-33(13-2)23-36(40)46(38)42-30(7)20-27(4)21-31(42)8/h14-25H,12-13H2,1-11H3. The third-order valence-electron chi connectivity index (χ3n) is 11.0. The van der Waals surface area contributed by atoms with Gasteiger partial charge in [-0.15, -0.1) is 0 Å². The van der Waals surface area contributed by atoms with Gasteiger partial charge in [-0.05, 0) is 110 Å². The molecule has 2 heterocycles. The largest absolute Gasteiger partial charge is 0.313 e. The summed E-state index contributed by atoms with van der Waals surface area (Å²) < 4.78 is 0. The highest BCUT2D eigenvalue weighted by atomic mass is 15.2. The summed E-state index contributed by atoms with van der Waals surface area (Å²) in [6, 6.07) is 29.3. The summed E-state index contributed by atoms with van der Waals surface area (Å²) in [5.74, 6) is 0. The van der Waals surface area contributed by atoms with Crippen molar-refractivity contribution in [2.75, 3.05) is 4.90 Å². The van der Waals surface area contributed by atoms with Crippen molar-refractivity contribution in [1.29, 1.82) is 0 Å². The number of benzene rings is 5. The van der Waals surface area contributed by atoms with Crippen LogP contribution in [0.2, 0.25) is 0 Å². The lowest BCUT2D eigenvalue weighted by Gasteiger charge is -2.45. The van der Waals surface area contributed by atoms with Gasteiger partial charge >= 0.3 is 0 Å². The molecular weight excluding hydrogens is 564 g/mol. The Balaban J connectivity index is 1.68. The molecule has 47 heavy (non-hydrogen) atoms. The number of hydrogen-bond acceptors (Lipinski definition) is 1. The zero-order chi connectivity index (χ0) is 33.5. The first kappa shape index (κ1) is 31.6. The molecule has 3 heteroatoms. The molecule has 0 spiro atoms. The maximum Gasteiger partial charge on any atom is 0.247 e. The molecular formula is C44H49B2N. The molecule has 0 aromatic heterocycles. The summed E-state index contributed by atoms with van der Waals surface area (Å²) >= 11 is 0. The Kier molecular flexibility index (Phi) is 7.62. The topological polar surface area (TPSA) is 3.24 Å². The second kappa shape index (κ2) is 11.3. The highest BCUT2D eigenvalue weighted by Crippen LogP contribution is 2.39. The van der Waals surface area contributed by atoms with Crippen LogP contribution >= 0.6 is 0 Å². The maximum absolute atomic E-state index is 2.64. The molecule has 5 aromatic rings. The van der Waals surface area contributed by atoms with Crippen molar-refractivity contribution in [2.45, 2.75) is 94.4 Å². The smallest absolute Gasteiger partial charge is 0.247 e. The minimum absolute atomic E-state index is 0.00270. The van der Waals surface area contributed by atoms with Gasteiger partial charge in [0.05, 0.1) is 0 Å². The van der Waals surface area contributed by atoms with E-state index in [4.69, 9.17) is 0 Å². The van der Waals surface area contributed by atoms with Crippen LogP contribution in [0.25, 0.3) is 0 Å². The molecule has 0 aliphatic carbocycles. The van der Waals surface area contributed by atoms with Gasteiger partial charge in [0.1, 0.15) is 0 Å². The normalized spacial score (nSPS) is 13.5. The van der Waals surface area contributed by atoms with Crippen LogP contribution in [0.4, 0.5) is 17.1 Å². The summed E-state index contributed by atoms with van der Waals surface area (Å²) in [6.45, 7) is 25.8. The minimum atomic E-state index is -0.00270. The Bertz CT molecular complexity index is 1890. The van der Waals surface area contributed by atoms with Crippen LogP contribution in [0, 0.1) is 41.5 Å². The number of aryl methyl sites for hydroxylation is 8. The highest BCUT2D eigenvalue weighted by Gasteiger charge is 2.45. The van der Waals surface area contributed by atoms with Gasteiger partial charge in [0.25, 0.3) is 0 Å². The van der Waals surface area contributed by atoms with Crippen molar-refractivity contribution in [2.24, 2.45) is 0 Å². The first-order valence-electron chi connectivity index (χ1n) is 17.7. The fourth-order valence-electron chi connectivity index (χ4n) is 8.95. The van der Waals surface area contributed by atoms with Crippen molar-refractivity contribution < 1.29 is 0 Å². The molecule has 0 atom stereocenters. The molecule has 236 valence electrons. The number of fused-ring (bicyclic) bond motifs is 4. The molecule has 0 saturated heterocycles. The fourth-order valence-corrected chi connectivity index (χ4v) is 8.95. The van der Waals surface area contributed by atoms with Crippen LogP contribution < -0.4 is 37.7 Å². The van der Waals surface area contributed by atoms with Gasteiger partial charge in [0.15, 0.2) is 0 Å². The van der Waals surface area contributed by atoms with Crippen molar-refractivity contribution >= 4 is 63.3 Å². The van der Waals surface area contributed by atoms with Gasteiger partial charge in [0.2, 0.25) is 13.4 Å². The van der Waals surface area contributed by atoms with E-state index in [9.17, 15) is 0 Å². The molecule has 2 aliphatic rings. The van der Waals surface area contributed by atoms with Crippen LogP contribution in [0.1, 0.15) is 84.7 Å². The molecule has 7 rings (SSSR count). The summed E-state index contributed by atoms with van der Waals surface area (Å²) in [7, 11) is 0. The third-order valence-corrected chi connectivity index (χ3v) is 11.0. The van der Waals surface area contributed by atoms with Gasteiger partial charge in [-0.3, -0.25) is 0 Å². The lowest BCUT2D eigenvalue weighted by molar-refractivity contribution is 0.591. The summed E-state index contributed by atoms with van der Waals surface area (Å²) in [5.41, 5.74) is 25.1. The molecule has 5 aromatic carbocycles. The Hall–Kier alpha value is -3.97. The highest BCUT2D eigenvalue weighted by molar-refractivity contribution is 7.02. The molecule has 0 amide bonds. The lowest BCUT2D eigenvalue weighted by atomic mass is 9.29. The summed E-state index contributed by atoms with van der Waals surface area (Å²) in [4.78, 5) is 2.64. The van der Waals surface area contributed by atoms with Crippen molar-refractivity contribution in [3.05, 3.63) is 123 Å². The van der Waals surface area contributed by atoms with Crippen LogP contribution in [0.5, 0.6) is 0 Å². The first-order chi connectivity index (χ1) is 22.3. The molecule has 0 bridgehead atoms. The van der Waals surface area contributed by atoms with Gasteiger partial charge in [0, 0.05) is 17.1 Å². The monoisotopic (exact) mass is 613 g/mol. The van der Waals surface area contributed by atoms with Gasteiger partial charge < -0.3 is 4.90 Å². The number of hydrogen-bond donors (Lipinski definition) is 0. The molecule has 0 N–H and O–H groups in total. The fraction of sp³-hybridized carbons (Fsp3) is 0.318. The zero-order valence-electron chi connectivity index (χ0n) is 30.4. The molecule has 1 nitrogen and oxygen atoms in total. The van der Waals surface area contributed by atoms with Gasteiger partial charge in [-0.25, -0.2) is 0 Å². The molecule has 0 unspecified atom stereocenters. The van der Waals surface area contributed by atoms with E-state index in [1.807, 2.05) is 0 Å². The van der Waals surface area contributed by atoms with E-state index in [-0.39, 0.29) is 18.8 Å². The third kappa shape index (κ3) is 5.00. The summed E-state index contributed by atoms with van der Waals surface area (Å²) in [6.07, 6.45) is 2.05.